The van der Waals surface area contributed by atoms with Crippen molar-refractivity contribution in [3.8, 4) is 0 Å². The molecular formula is C15H19N3. The summed E-state index contributed by atoms with van der Waals surface area (Å²) in [7, 11) is 0. The summed E-state index contributed by atoms with van der Waals surface area (Å²) in [6, 6.07) is 6.77. The minimum absolute atomic E-state index is 0.730. The van der Waals surface area contributed by atoms with E-state index in [1.165, 1.54) is 48.2 Å². The highest BCUT2D eigenvalue weighted by molar-refractivity contribution is 5.91. The van der Waals surface area contributed by atoms with Gasteiger partial charge in [-0.3, -0.25) is 0 Å². The number of nitrogens with two attached hydrogens (primary N) is 1. The standard InChI is InChI=1S/C15H19N3/c16-6-3-10-1-2-13-12(9-10)14-11-4-7-18(8-5-11)15(14)17-13/h1-2,9,11,17H,3-8,16H2. The van der Waals surface area contributed by atoms with Gasteiger partial charge in [0.1, 0.15) is 5.82 Å². The molecule has 3 heteroatoms. The van der Waals surface area contributed by atoms with Crippen molar-refractivity contribution >= 4 is 16.7 Å². The molecule has 0 unspecified atom stereocenters. The highest BCUT2D eigenvalue weighted by Crippen LogP contribution is 2.45. The van der Waals surface area contributed by atoms with E-state index in [4.69, 9.17) is 5.73 Å². The first-order valence-electron chi connectivity index (χ1n) is 6.96. The molecule has 0 spiro atoms. The molecule has 2 bridgehead atoms. The summed E-state index contributed by atoms with van der Waals surface area (Å²) >= 11 is 0. The maximum absolute atomic E-state index is 5.66. The number of hydrogen-bond donors (Lipinski definition) is 2. The summed E-state index contributed by atoms with van der Waals surface area (Å²) in [5, 5.41) is 1.44. The number of piperidine rings is 1. The summed E-state index contributed by atoms with van der Waals surface area (Å²) in [6.07, 6.45) is 3.62. The highest BCUT2D eigenvalue weighted by atomic mass is 15.2. The van der Waals surface area contributed by atoms with Gasteiger partial charge in [-0.05, 0) is 49.4 Å². The van der Waals surface area contributed by atoms with E-state index in [2.05, 4.69) is 28.1 Å². The van der Waals surface area contributed by atoms with Gasteiger partial charge in [0.25, 0.3) is 0 Å². The number of aromatic amines is 1. The lowest BCUT2D eigenvalue weighted by atomic mass is 9.84. The quantitative estimate of drug-likeness (QED) is 0.848. The van der Waals surface area contributed by atoms with Crippen LogP contribution in [0.1, 0.15) is 29.9 Å². The Bertz CT molecular complexity index is 591. The lowest BCUT2D eigenvalue weighted by Gasteiger charge is -2.40. The van der Waals surface area contributed by atoms with Crippen molar-refractivity contribution in [2.24, 2.45) is 5.73 Å². The van der Waals surface area contributed by atoms with E-state index in [1.807, 2.05) is 0 Å². The fourth-order valence-electron chi connectivity index (χ4n) is 3.62. The molecular weight excluding hydrogens is 222 g/mol. The molecule has 2 aromatic rings. The van der Waals surface area contributed by atoms with Gasteiger partial charge < -0.3 is 15.6 Å². The second kappa shape index (κ2) is 3.75. The topological polar surface area (TPSA) is 45.1 Å². The number of nitrogens with zero attached hydrogens (tertiary/aromatic N) is 1. The average Bonchev–Trinajstić information content (AvgIpc) is 2.81. The van der Waals surface area contributed by atoms with Crippen LogP contribution in [0.2, 0.25) is 0 Å². The molecule has 3 aliphatic heterocycles. The van der Waals surface area contributed by atoms with E-state index in [0.29, 0.717) is 0 Å². The predicted octanol–water partition coefficient (Wildman–Crippen LogP) is 2.37. The van der Waals surface area contributed by atoms with Crippen LogP contribution in [0.25, 0.3) is 10.9 Å². The van der Waals surface area contributed by atoms with Crippen molar-refractivity contribution in [2.75, 3.05) is 24.5 Å². The molecule has 3 N–H and O–H groups in total. The third kappa shape index (κ3) is 1.34. The smallest absolute Gasteiger partial charge is 0.110 e. The molecule has 0 amide bonds. The first-order chi connectivity index (χ1) is 8.86. The number of H-pyrrole nitrogens is 1. The number of benzene rings is 1. The largest absolute Gasteiger partial charge is 0.358 e. The Morgan fingerprint density at radius 2 is 2.11 bits per heavy atom. The zero-order valence-corrected chi connectivity index (χ0v) is 10.6. The monoisotopic (exact) mass is 241 g/mol. The highest BCUT2D eigenvalue weighted by Gasteiger charge is 2.33. The Morgan fingerprint density at radius 3 is 2.89 bits per heavy atom. The number of fused-ring (bicyclic) bond motifs is 3. The normalized spacial score (nSPS) is 18.6. The van der Waals surface area contributed by atoms with Crippen LogP contribution in [0, 0.1) is 0 Å². The maximum Gasteiger partial charge on any atom is 0.110 e. The van der Waals surface area contributed by atoms with Crippen molar-refractivity contribution in [1.29, 1.82) is 0 Å². The van der Waals surface area contributed by atoms with Crippen LogP contribution in [0.15, 0.2) is 18.2 Å². The van der Waals surface area contributed by atoms with Gasteiger partial charge in [-0.2, -0.15) is 0 Å². The molecule has 0 aliphatic carbocycles. The molecule has 1 saturated heterocycles. The van der Waals surface area contributed by atoms with Crippen LogP contribution in [-0.2, 0) is 6.42 Å². The third-order valence-electron chi connectivity index (χ3n) is 4.53. The fraction of sp³-hybridized carbons (Fsp3) is 0.467. The molecule has 1 aromatic heterocycles. The van der Waals surface area contributed by atoms with Gasteiger partial charge in [0, 0.05) is 29.6 Å². The lowest BCUT2D eigenvalue weighted by Crippen LogP contribution is -2.38. The molecule has 4 heterocycles. The lowest BCUT2D eigenvalue weighted by molar-refractivity contribution is 0.475. The zero-order valence-electron chi connectivity index (χ0n) is 10.6. The van der Waals surface area contributed by atoms with Crippen molar-refractivity contribution < 1.29 is 0 Å². The van der Waals surface area contributed by atoms with Gasteiger partial charge in [0.05, 0.1) is 0 Å². The van der Waals surface area contributed by atoms with Crippen molar-refractivity contribution in [2.45, 2.75) is 25.2 Å². The van der Waals surface area contributed by atoms with Gasteiger partial charge >= 0.3 is 0 Å². The Kier molecular flexibility index (Phi) is 2.18. The third-order valence-corrected chi connectivity index (χ3v) is 4.53. The fourth-order valence-corrected chi connectivity index (χ4v) is 3.62. The molecule has 0 atom stereocenters. The Morgan fingerprint density at radius 1 is 1.28 bits per heavy atom. The summed E-state index contributed by atoms with van der Waals surface area (Å²) < 4.78 is 0. The van der Waals surface area contributed by atoms with E-state index >= 15 is 0 Å². The molecule has 3 nitrogen and oxygen atoms in total. The Balaban J connectivity index is 1.93. The summed E-state index contributed by atoms with van der Waals surface area (Å²) in [6.45, 7) is 3.17. The van der Waals surface area contributed by atoms with Crippen LogP contribution in [0.5, 0.6) is 0 Å². The van der Waals surface area contributed by atoms with Gasteiger partial charge in [-0.15, -0.1) is 0 Å². The second-order valence-corrected chi connectivity index (χ2v) is 5.57. The average molecular weight is 241 g/mol. The van der Waals surface area contributed by atoms with Crippen LogP contribution < -0.4 is 10.6 Å². The summed E-state index contributed by atoms with van der Waals surface area (Å²) in [5.74, 6) is 2.16. The summed E-state index contributed by atoms with van der Waals surface area (Å²) in [4.78, 5) is 6.12. The SMILES string of the molecule is NCCc1ccc2[nH]c3c(c2c1)C1CCN3CC1. The summed E-state index contributed by atoms with van der Waals surface area (Å²) in [5.41, 5.74) is 9.89. The molecule has 0 radical (unpaired) electrons. The van der Waals surface area contributed by atoms with Gasteiger partial charge in [0.15, 0.2) is 0 Å². The molecule has 1 fully saturated rings. The molecule has 0 saturated carbocycles. The van der Waals surface area contributed by atoms with E-state index in [-0.39, 0.29) is 0 Å². The number of hydrogen-bond acceptors (Lipinski definition) is 2. The molecule has 18 heavy (non-hydrogen) atoms. The Labute approximate surface area is 107 Å². The molecule has 1 aromatic carbocycles. The Hall–Kier alpha value is -1.48. The predicted molar refractivity (Wildman–Crippen MR) is 75.2 cm³/mol. The van der Waals surface area contributed by atoms with Gasteiger partial charge in [-0.1, -0.05) is 6.07 Å². The first-order valence-corrected chi connectivity index (χ1v) is 6.96. The minimum atomic E-state index is 0.730. The zero-order chi connectivity index (χ0) is 12.1. The molecule has 5 rings (SSSR count). The maximum atomic E-state index is 5.66. The number of nitrogens with one attached hydrogen (secondary N) is 1. The number of anilines is 1. The van der Waals surface area contributed by atoms with Crippen LogP contribution in [0.4, 0.5) is 5.82 Å². The minimum Gasteiger partial charge on any atom is -0.358 e. The number of aromatic nitrogens is 1. The van der Waals surface area contributed by atoms with Gasteiger partial charge in [-0.25, -0.2) is 0 Å². The van der Waals surface area contributed by atoms with Gasteiger partial charge in [0.2, 0.25) is 0 Å². The van der Waals surface area contributed by atoms with E-state index in [1.54, 1.807) is 5.56 Å². The van der Waals surface area contributed by atoms with Crippen molar-refractivity contribution in [1.82, 2.24) is 4.98 Å². The van der Waals surface area contributed by atoms with Crippen molar-refractivity contribution in [3.05, 3.63) is 29.3 Å². The van der Waals surface area contributed by atoms with Crippen LogP contribution in [-0.4, -0.2) is 24.6 Å². The van der Waals surface area contributed by atoms with Crippen molar-refractivity contribution in [3.63, 3.8) is 0 Å². The van der Waals surface area contributed by atoms with E-state index in [9.17, 15) is 0 Å². The second-order valence-electron chi connectivity index (χ2n) is 5.57. The van der Waals surface area contributed by atoms with Crippen LogP contribution in [0.3, 0.4) is 0 Å². The first kappa shape index (κ1) is 10.4. The van der Waals surface area contributed by atoms with E-state index in [0.717, 1.165) is 18.9 Å². The molecule has 94 valence electrons. The molecule has 3 aliphatic rings. The van der Waals surface area contributed by atoms with Crippen LogP contribution >= 0.6 is 0 Å². The number of rotatable bonds is 2. The van der Waals surface area contributed by atoms with E-state index < -0.39 is 0 Å².